The highest BCUT2D eigenvalue weighted by atomic mass is 32.1. The van der Waals surface area contributed by atoms with Gasteiger partial charge in [-0.15, -0.1) is 11.3 Å². The van der Waals surface area contributed by atoms with Gasteiger partial charge in [-0.05, 0) is 42.5 Å². The maximum atomic E-state index is 12.8. The first-order valence-corrected chi connectivity index (χ1v) is 9.69. The molecule has 4 rings (SSSR count). The standard InChI is InChI=1S/C18H24N2O2S/c21-16(14-13-18(14)6-1-2-7-18)19-8-4-9-20(11-10-19)17(22)15-5-3-12-23-15/h3,5,12,14H,1-2,4,6-11,13H2. The smallest absolute Gasteiger partial charge is 0.263 e. The van der Waals surface area contributed by atoms with Crippen LogP contribution < -0.4 is 0 Å². The van der Waals surface area contributed by atoms with Crippen molar-refractivity contribution in [1.29, 1.82) is 0 Å². The summed E-state index contributed by atoms with van der Waals surface area (Å²) in [4.78, 5) is 30.0. The molecule has 1 atom stereocenters. The summed E-state index contributed by atoms with van der Waals surface area (Å²) in [6, 6.07) is 3.80. The van der Waals surface area contributed by atoms with Crippen LogP contribution >= 0.6 is 11.3 Å². The molecule has 3 aliphatic rings. The second-order valence-electron chi connectivity index (χ2n) is 7.27. The lowest BCUT2D eigenvalue weighted by Gasteiger charge is -2.23. The van der Waals surface area contributed by atoms with Gasteiger partial charge in [-0.2, -0.15) is 0 Å². The average Bonchev–Trinajstić information content (AvgIpc) is 2.86. The predicted molar refractivity (Wildman–Crippen MR) is 90.4 cm³/mol. The van der Waals surface area contributed by atoms with Crippen LogP contribution in [0.5, 0.6) is 0 Å². The van der Waals surface area contributed by atoms with Gasteiger partial charge in [-0.3, -0.25) is 9.59 Å². The zero-order chi connectivity index (χ0) is 15.9. The zero-order valence-electron chi connectivity index (χ0n) is 13.5. The van der Waals surface area contributed by atoms with Crippen molar-refractivity contribution in [3.8, 4) is 0 Å². The molecule has 1 aliphatic heterocycles. The molecule has 4 nitrogen and oxygen atoms in total. The lowest BCUT2D eigenvalue weighted by atomic mass is 10.0. The van der Waals surface area contributed by atoms with Crippen LogP contribution in [0.1, 0.15) is 48.2 Å². The highest BCUT2D eigenvalue weighted by Gasteiger charge is 2.59. The van der Waals surface area contributed by atoms with E-state index in [4.69, 9.17) is 0 Å². The molecule has 23 heavy (non-hydrogen) atoms. The third kappa shape index (κ3) is 2.80. The molecule has 1 aromatic rings. The van der Waals surface area contributed by atoms with Crippen LogP contribution in [-0.2, 0) is 4.79 Å². The lowest BCUT2D eigenvalue weighted by Crippen LogP contribution is -2.38. The van der Waals surface area contributed by atoms with E-state index in [1.165, 1.54) is 37.0 Å². The van der Waals surface area contributed by atoms with Gasteiger partial charge in [-0.1, -0.05) is 18.9 Å². The first-order chi connectivity index (χ1) is 11.2. The van der Waals surface area contributed by atoms with Gasteiger partial charge in [0.2, 0.25) is 5.91 Å². The van der Waals surface area contributed by atoms with Crippen molar-refractivity contribution in [3.63, 3.8) is 0 Å². The molecule has 2 amide bonds. The number of carbonyl (C=O) groups excluding carboxylic acids is 2. The second-order valence-corrected chi connectivity index (χ2v) is 8.22. The summed E-state index contributed by atoms with van der Waals surface area (Å²) < 4.78 is 0. The summed E-state index contributed by atoms with van der Waals surface area (Å²) in [6.07, 6.45) is 7.10. The Morgan fingerprint density at radius 1 is 1.04 bits per heavy atom. The van der Waals surface area contributed by atoms with E-state index >= 15 is 0 Å². The largest absolute Gasteiger partial charge is 0.341 e. The summed E-state index contributed by atoms with van der Waals surface area (Å²) in [7, 11) is 0. The highest BCUT2D eigenvalue weighted by molar-refractivity contribution is 7.12. The summed E-state index contributed by atoms with van der Waals surface area (Å²) >= 11 is 1.49. The first-order valence-electron chi connectivity index (χ1n) is 8.81. The Bertz CT molecular complexity index is 592. The molecule has 1 unspecified atom stereocenters. The minimum atomic E-state index is 0.119. The van der Waals surface area contributed by atoms with Gasteiger partial charge in [-0.25, -0.2) is 0 Å². The minimum Gasteiger partial charge on any atom is -0.341 e. The minimum absolute atomic E-state index is 0.119. The normalized spacial score (nSPS) is 26.3. The lowest BCUT2D eigenvalue weighted by molar-refractivity contribution is -0.133. The number of carbonyl (C=O) groups is 2. The van der Waals surface area contributed by atoms with Gasteiger partial charge in [0.15, 0.2) is 0 Å². The van der Waals surface area contributed by atoms with Crippen LogP contribution in [0.25, 0.3) is 0 Å². The SMILES string of the molecule is O=C(c1cccs1)N1CCCN(C(=O)C2CC23CCCC3)CC1. The highest BCUT2D eigenvalue weighted by Crippen LogP contribution is 2.63. The molecule has 124 valence electrons. The molecule has 2 heterocycles. The molecule has 1 spiro atoms. The van der Waals surface area contributed by atoms with Gasteiger partial charge < -0.3 is 9.80 Å². The summed E-state index contributed by atoms with van der Waals surface area (Å²) in [5.74, 6) is 0.759. The summed E-state index contributed by atoms with van der Waals surface area (Å²) in [5, 5.41) is 1.94. The van der Waals surface area contributed by atoms with Gasteiger partial charge in [0.25, 0.3) is 5.91 Å². The van der Waals surface area contributed by atoms with Crippen LogP contribution in [0.2, 0.25) is 0 Å². The molecule has 5 heteroatoms. The molecule has 2 saturated carbocycles. The van der Waals surface area contributed by atoms with E-state index in [1.807, 2.05) is 27.3 Å². The Balaban J connectivity index is 1.36. The van der Waals surface area contributed by atoms with Crippen LogP contribution in [0.15, 0.2) is 17.5 Å². The molecular weight excluding hydrogens is 308 g/mol. The van der Waals surface area contributed by atoms with E-state index in [9.17, 15) is 9.59 Å². The monoisotopic (exact) mass is 332 g/mol. The summed E-state index contributed by atoms with van der Waals surface area (Å²) in [5.41, 5.74) is 0.371. The number of hydrogen-bond donors (Lipinski definition) is 0. The zero-order valence-corrected chi connectivity index (χ0v) is 14.3. The van der Waals surface area contributed by atoms with Crippen molar-refractivity contribution >= 4 is 23.2 Å². The van der Waals surface area contributed by atoms with E-state index in [0.717, 1.165) is 30.8 Å². The third-order valence-electron chi connectivity index (χ3n) is 5.91. The Kier molecular flexibility index (Phi) is 3.92. The fraction of sp³-hybridized carbons (Fsp3) is 0.667. The number of nitrogens with zero attached hydrogens (tertiary/aromatic N) is 2. The summed E-state index contributed by atoms with van der Waals surface area (Å²) in [6.45, 7) is 2.93. The second kappa shape index (κ2) is 5.93. The molecule has 3 fully saturated rings. The molecule has 1 aromatic heterocycles. The Morgan fingerprint density at radius 2 is 1.78 bits per heavy atom. The fourth-order valence-electron chi connectivity index (χ4n) is 4.45. The van der Waals surface area contributed by atoms with Crippen molar-refractivity contribution in [2.24, 2.45) is 11.3 Å². The van der Waals surface area contributed by atoms with Crippen LogP contribution in [-0.4, -0.2) is 47.8 Å². The Morgan fingerprint density at radius 3 is 2.52 bits per heavy atom. The molecule has 1 saturated heterocycles. The van der Waals surface area contributed by atoms with Gasteiger partial charge in [0.1, 0.15) is 0 Å². The van der Waals surface area contributed by atoms with E-state index in [2.05, 4.69) is 0 Å². The fourth-order valence-corrected chi connectivity index (χ4v) is 5.14. The average molecular weight is 332 g/mol. The van der Waals surface area contributed by atoms with Crippen LogP contribution in [0.3, 0.4) is 0 Å². The predicted octanol–water partition coefficient (Wildman–Crippen LogP) is 3.00. The molecule has 0 radical (unpaired) electrons. The molecular formula is C18H24N2O2S. The quantitative estimate of drug-likeness (QED) is 0.835. The van der Waals surface area contributed by atoms with E-state index < -0.39 is 0 Å². The number of rotatable bonds is 2. The van der Waals surface area contributed by atoms with Gasteiger partial charge >= 0.3 is 0 Å². The van der Waals surface area contributed by atoms with Gasteiger partial charge in [0, 0.05) is 32.1 Å². The topological polar surface area (TPSA) is 40.6 Å². The molecule has 0 N–H and O–H groups in total. The molecule has 0 aromatic carbocycles. The number of thiophene rings is 1. The van der Waals surface area contributed by atoms with E-state index in [0.29, 0.717) is 24.4 Å². The maximum Gasteiger partial charge on any atom is 0.263 e. The number of amides is 2. The molecule has 2 aliphatic carbocycles. The first kappa shape index (κ1) is 15.2. The molecule has 0 bridgehead atoms. The van der Waals surface area contributed by atoms with Crippen LogP contribution in [0.4, 0.5) is 0 Å². The third-order valence-corrected chi connectivity index (χ3v) is 6.77. The van der Waals surface area contributed by atoms with E-state index in [1.54, 1.807) is 0 Å². The Labute approximate surface area is 141 Å². The van der Waals surface area contributed by atoms with Crippen molar-refractivity contribution < 1.29 is 9.59 Å². The van der Waals surface area contributed by atoms with Crippen molar-refractivity contribution in [1.82, 2.24) is 9.80 Å². The Hall–Kier alpha value is -1.36. The van der Waals surface area contributed by atoms with Crippen molar-refractivity contribution in [3.05, 3.63) is 22.4 Å². The van der Waals surface area contributed by atoms with Crippen molar-refractivity contribution in [2.75, 3.05) is 26.2 Å². The van der Waals surface area contributed by atoms with E-state index in [-0.39, 0.29) is 11.8 Å². The maximum absolute atomic E-state index is 12.8. The van der Waals surface area contributed by atoms with Crippen molar-refractivity contribution in [2.45, 2.75) is 38.5 Å². The van der Waals surface area contributed by atoms with Crippen LogP contribution in [0, 0.1) is 11.3 Å². The van der Waals surface area contributed by atoms with Gasteiger partial charge in [0.05, 0.1) is 4.88 Å². The number of hydrogen-bond acceptors (Lipinski definition) is 3.